The van der Waals surface area contributed by atoms with E-state index in [-0.39, 0.29) is 5.54 Å². The molecule has 2 nitrogen and oxygen atoms in total. The maximum atomic E-state index is 6.16. The number of rotatable bonds is 0. The van der Waals surface area contributed by atoms with Gasteiger partial charge >= 0.3 is 0 Å². The molecule has 0 aliphatic heterocycles. The van der Waals surface area contributed by atoms with Crippen LogP contribution in [0.2, 0.25) is 0 Å². The summed E-state index contributed by atoms with van der Waals surface area (Å²) in [5.41, 5.74) is 11.1. The van der Waals surface area contributed by atoms with Crippen molar-refractivity contribution in [1.29, 1.82) is 0 Å². The lowest BCUT2D eigenvalue weighted by Crippen LogP contribution is -2.51. The van der Waals surface area contributed by atoms with E-state index in [1.165, 1.54) is 32.7 Å². The molecule has 1 aliphatic rings. The molecule has 4 N–H and O–H groups in total. The van der Waals surface area contributed by atoms with E-state index in [4.69, 9.17) is 5.73 Å². The molecule has 1 fully saturated rings. The van der Waals surface area contributed by atoms with Crippen molar-refractivity contribution < 1.29 is 0 Å². The van der Waals surface area contributed by atoms with Gasteiger partial charge in [-0.3, -0.25) is 0 Å². The Labute approximate surface area is 76.7 Å². The first-order chi connectivity index (χ1) is 5.46. The van der Waals surface area contributed by atoms with Gasteiger partial charge in [0.25, 0.3) is 0 Å². The Morgan fingerprint density at radius 3 is 1.58 bits per heavy atom. The molecule has 1 atom stereocenters. The predicted molar refractivity (Wildman–Crippen MR) is 55.0 cm³/mol. The monoisotopic (exact) mass is 172 g/mol. The van der Waals surface area contributed by atoms with Crippen LogP contribution in [-0.4, -0.2) is 12.6 Å². The first-order valence-corrected chi connectivity index (χ1v) is 4.82. The summed E-state index contributed by atoms with van der Waals surface area (Å²) in [6.07, 6.45) is 5.16. The lowest BCUT2D eigenvalue weighted by Gasteiger charge is -2.45. The zero-order valence-corrected chi connectivity index (χ0v) is 8.98. The lowest BCUT2D eigenvalue weighted by atomic mass is 9.65. The predicted octanol–water partition coefficient (Wildman–Crippen LogP) is 1.88. The maximum absolute atomic E-state index is 6.16. The third-order valence-corrected chi connectivity index (χ3v) is 3.29. The summed E-state index contributed by atoms with van der Waals surface area (Å²) in [4.78, 5) is 0. The quantitative estimate of drug-likeness (QED) is 0.586. The third kappa shape index (κ3) is 2.46. The Hall–Kier alpha value is -0.0800. The third-order valence-electron chi connectivity index (χ3n) is 3.29. The molecule has 0 heterocycles. The zero-order valence-electron chi connectivity index (χ0n) is 8.98. The van der Waals surface area contributed by atoms with Crippen molar-refractivity contribution in [3.8, 4) is 0 Å². The minimum Gasteiger partial charge on any atom is -0.333 e. The van der Waals surface area contributed by atoms with Crippen LogP contribution >= 0.6 is 0 Å². The topological polar surface area (TPSA) is 52.0 Å². The fourth-order valence-corrected chi connectivity index (χ4v) is 1.68. The van der Waals surface area contributed by atoms with E-state index in [9.17, 15) is 0 Å². The summed E-state index contributed by atoms with van der Waals surface area (Å²) in [6.45, 7) is 6.75. The van der Waals surface area contributed by atoms with Crippen molar-refractivity contribution in [1.82, 2.24) is 0 Å². The Bertz CT molecular complexity index is 112. The molecule has 1 saturated carbocycles. The largest absolute Gasteiger partial charge is 0.333 e. The van der Waals surface area contributed by atoms with Crippen molar-refractivity contribution >= 4 is 0 Å². The van der Waals surface area contributed by atoms with E-state index in [1.807, 2.05) is 0 Å². The highest BCUT2D eigenvalue weighted by molar-refractivity contribution is 4.96. The van der Waals surface area contributed by atoms with E-state index in [1.54, 1.807) is 0 Å². The summed E-state index contributed by atoms with van der Waals surface area (Å²) >= 11 is 0. The summed E-state index contributed by atoms with van der Waals surface area (Å²) in [5.74, 6) is 0. The molecule has 0 saturated heterocycles. The molecule has 1 unspecified atom stereocenters. The molecule has 12 heavy (non-hydrogen) atoms. The molecular weight excluding hydrogens is 148 g/mol. The van der Waals surface area contributed by atoms with Crippen LogP contribution in [0, 0.1) is 5.41 Å². The second kappa shape index (κ2) is 4.24. The van der Waals surface area contributed by atoms with Gasteiger partial charge in [0.1, 0.15) is 0 Å². The Morgan fingerprint density at radius 1 is 0.917 bits per heavy atom. The van der Waals surface area contributed by atoms with E-state index < -0.39 is 0 Å². The number of hydrogen-bond donors (Lipinski definition) is 2. The van der Waals surface area contributed by atoms with Crippen molar-refractivity contribution in [2.75, 3.05) is 7.05 Å². The lowest BCUT2D eigenvalue weighted by molar-refractivity contribution is 0.116. The van der Waals surface area contributed by atoms with Crippen LogP contribution < -0.4 is 11.5 Å². The normalized spacial score (nSPS) is 33.5. The molecule has 0 spiro atoms. The van der Waals surface area contributed by atoms with Crippen molar-refractivity contribution in [3.63, 3.8) is 0 Å². The van der Waals surface area contributed by atoms with Crippen LogP contribution in [-0.2, 0) is 0 Å². The average molecular weight is 172 g/mol. The van der Waals surface area contributed by atoms with E-state index in [0.717, 1.165) is 0 Å². The second-order valence-corrected chi connectivity index (χ2v) is 4.51. The van der Waals surface area contributed by atoms with Crippen LogP contribution in [0.15, 0.2) is 0 Å². The minimum absolute atomic E-state index is 0.0747. The fourth-order valence-electron chi connectivity index (χ4n) is 1.68. The van der Waals surface area contributed by atoms with Gasteiger partial charge in [-0.15, -0.1) is 0 Å². The van der Waals surface area contributed by atoms with Gasteiger partial charge < -0.3 is 11.5 Å². The minimum atomic E-state index is 0.0747. The van der Waals surface area contributed by atoms with Gasteiger partial charge in [0.05, 0.1) is 0 Å². The standard InChI is InChI=1S/C9H19N.CH5N/c1-8(2)6-4-5-7-9(8,3)10;1-2/h4-7,10H2,1-3H3;2H2,1H3. The first-order valence-electron chi connectivity index (χ1n) is 4.82. The van der Waals surface area contributed by atoms with Gasteiger partial charge in [0.2, 0.25) is 0 Å². The average Bonchev–Trinajstić information content (AvgIpc) is 2.00. The van der Waals surface area contributed by atoms with Gasteiger partial charge in [-0.05, 0) is 32.2 Å². The van der Waals surface area contributed by atoms with Crippen LogP contribution in [0.3, 0.4) is 0 Å². The summed E-state index contributed by atoms with van der Waals surface area (Å²) in [5, 5.41) is 0. The molecule has 0 aromatic carbocycles. The Balaban J connectivity index is 0.000000561. The molecule has 0 aromatic rings. The molecule has 1 aliphatic carbocycles. The second-order valence-electron chi connectivity index (χ2n) is 4.51. The highest BCUT2D eigenvalue weighted by Gasteiger charge is 2.39. The van der Waals surface area contributed by atoms with Crippen molar-refractivity contribution in [2.45, 2.75) is 52.0 Å². The van der Waals surface area contributed by atoms with E-state index in [2.05, 4.69) is 26.5 Å². The summed E-state index contributed by atoms with van der Waals surface area (Å²) in [7, 11) is 1.50. The molecule has 0 amide bonds. The molecule has 0 bridgehead atoms. The molecule has 0 radical (unpaired) electrons. The number of nitrogens with two attached hydrogens (primary N) is 2. The molecule has 74 valence electrons. The molecule has 2 heteroatoms. The highest BCUT2D eigenvalue weighted by Crippen LogP contribution is 2.41. The molecular formula is C10H24N2. The van der Waals surface area contributed by atoms with Crippen molar-refractivity contribution in [2.24, 2.45) is 16.9 Å². The fraction of sp³-hybridized carbons (Fsp3) is 1.00. The zero-order chi connectivity index (χ0) is 9.83. The summed E-state index contributed by atoms with van der Waals surface area (Å²) < 4.78 is 0. The summed E-state index contributed by atoms with van der Waals surface area (Å²) in [6, 6.07) is 0. The van der Waals surface area contributed by atoms with Gasteiger partial charge in [-0.25, -0.2) is 0 Å². The van der Waals surface area contributed by atoms with Crippen LogP contribution in [0.4, 0.5) is 0 Å². The number of hydrogen-bond acceptors (Lipinski definition) is 2. The SMILES string of the molecule is CC1(C)CCCCC1(C)N.CN. The Kier molecular flexibility index (Phi) is 4.21. The molecule has 0 aromatic heterocycles. The van der Waals surface area contributed by atoms with Crippen LogP contribution in [0.25, 0.3) is 0 Å². The van der Waals surface area contributed by atoms with Gasteiger partial charge in [0, 0.05) is 5.54 Å². The Morgan fingerprint density at radius 2 is 1.33 bits per heavy atom. The molecule has 1 rings (SSSR count). The van der Waals surface area contributed by atoms with Crippen LogP contribution in [0.1, 0.15) is 46.5 Å². The van der Waals surface area contributed by atoms with Gasteiger partial charge in [0.15, 0.2) is 0 Å². The highest BCUT2D eigenvalue weighted by atomic mass is 14.8. The van der Waals surface area contributed by atoms with Crippen LogP contribution in [0.5, 0.6) is 0 Å². The van der Waals surface area contributed by atoms with E-state index >= 15 is 0 Å². The first kappa shape index (κ1) is 11.9. The maximum Gasteiger partial charge on any atom is 0.0177 e. The van der Waals surface area contributed by atoms with E-state index in [0.29, 0.717) is 5.41 Å². The van der Waals surface area contributed by atoms with Gasteiger partial charge in [-0.1, -0.05) is 26.7 Å². The van der Waals surface area contributed by atoms with Crippen molar-refractivity contribution in [3.05, 3.63) is 0 Å². The smallest absolute Gasteiger partial charge is 0.0177 e. The van der Waals surface area contributed by atoms with Gasteiger partial charge in [-0.2, -0.15) is 0 Å².